The zero-order valence-corrected chi connectivity index (χ0v) is 16.6. The van der Waals surface area contributed by atoms with Crippen molar-refractivity contribution in [1.29, 1.82) is 0 Å². The van der Waals surface area contributed by atoms with Crippen LogP contribution in [-0.4, -0.2) is 25.6 Å². The van der Waals surface area contributed by atoms with Gasteiger partial charge in [-0.25, -0.2) is 4.79 Å². The van der Waals surface area contributed by atoms with Gasteiger partial charge in [0.15, 0.2) is 0 Å². The number of benzene rings is 1. The third-order valence-corrected chi connectivity index (χ3v) is 5.85. The van der Waals surface area contributed by atoms with Gasteiger partial charge in [0.2, 0.25) is 0 Å². The first-order valence-corrected chi connectivity index (χ1v) is 10.2. The molecular weight excluding hydrogens is 362 g/mol. The molecule has 0 aliphatic heterocycles. The zero-order chi connectivity index (χ0) is 19.2. The van der Waals surface area contributed by atoms with Gasteiger partial charge in [0.05, 0.1) is 19.3 Å². The van der Waals surface area contributed by atoms with Crippen molar-refractivity contribution < 1.29 is 19.1 Å². The van der Waals surface area contributed by atoms with Crippen LogP contribution in [0.25, 0.3) is 0 Å². The highest BCUT2D eigenvalue weighted by atomic mass is 32.1. The largest absolute Gasteiger partial charge is 0.497 e. The van der Waals surface area contributed by atoms with Crippen LogP contribution in [0.15, 0.2) is 24.3 Å². The lowest BCUT2D eigenvalue weighted by molar-refractivity contribution is 0.0505. The normalized spacial score (nSPS) is 13.4. The molecule has 1 amide bonds. The SMILES string of the molecule is CCCOC(=O)c1c(NC(=O)c2ccc(OC)cc2)sc2c1CCCCC2. The molecule has 0 atom stereocenters. The van der Waals surface area contributed by atoms with E-state index in [0.717, 1.165) is 37.7 Å². The van der Waals surface area contributed by atoms with Crippen LogP contribution in [-0.2, 0) is 17.6 Å². The quantitative estimate of drug-likeness (QED) is 0.569. The van der Waals surface area contributed by atoms with Crippen molar-refractivity contribution >= 4 is 28.2 Å². The maximum absolute atomic E-state index is 12.7. The molecule has 3 rings (SSSR count). The average Bonchev–Trinajstić information content (AvgIpc) is 2.86. The molecule has 0 saturated heterocycles. The van der Waals surface area contributed by atoms with Crippen molar-refractivity contribution in [3.8, 4) is 5.75 Å². The molecule has 0 unspecified atom stereocenters. The number of hydrogen-bond acceptors (Lipinski definition) is 5. The molecule has 1 aromatic heterocycles. The van der Waals surface area contributed by atoms with Gasteiger partial charge in [-0.3, -0.25) is 4.79 Å². The molecule has 1 aromatic carbocycles. The maximum atomic E-state index is 12.7. The smallest absolute Gasteiger partial charge is 0.341 e. The predicted octanol–water partition coefficient (Wildman–Crippen LogP) is 4.84. The van der Waals surface area contributed by atoms with E-state index in [1.165, 1.54) is 22.6 Å². The van der Waals surface area contributed by atoms with Crippen molar-refractivity contribution in [3.63, 3.8) is 0 Å². The summed E-state index contributed by atoms with van der Waals surface area (Å²) in [4.78, 5) is 26.6. The Morgan fingerprint density at radius 2 is 1.85 bits per heavy atom. The highest BCUT2D eigenvalue weighted by Crippen LogP contribution is 2.38. The minimum absolute atomic E-state index is 0.237. The average molecular weight is 388 g/mol. The number of esters is 1. The highest BCUT2D eigenvalue weighted by molar-refractivity contribution is 7.17. The second-order valence-corrected chi connectivity index (χ2v) is 7.69. The van der Waals surface area contributed by atoms with Crippen LogP contribution in [0.1, 0.15) is 63.8 Å². The number of nitrogens with one attached hydrogen (secondary N) is 1. The number of aryl methyl sites for hydroxylation is 1. The standard InChI is InChI=1S/C21H25NO4S/c1-3-13-26-21(24)18-16-7-5-4-6-8-17(16)27-20(18)22-19(23)14-9-11-15(25-2)12-10-14/h9-12H,3-8,13H2,1-2H3,(H,22,23). The molecule has 6 heteroatoms. The molecule has 1 aliphatic rings. The summed E-state index contributed by atoms with van der Waals surface area (Å²) in [5, 5.41) is 3.54. The Labute approximate surface area is 163 Å². The van der Waals surface area contributed by atoms with Crippen LogP contribution < -0.4 is 10.1 Å². The molecule has 1 N–H and O–H groups in total. The molecule has 0 radical (unpaired) electrons. The van der Waals surface area contributed by atoms with Gasteiger partial charge >= 0.3 is 5.97 Å². The van der Waals surface area contributed by atoms with E-state index in [1.807, 2.05) is 6.92 Å². The lowest BCUT2D eigenvalue weighted by Gasteiger charge is -2.09. The summed E-state index contributed by atoms with van der Waals surface area (Å²) in [5.41, 5.74) is 2.13. The molecule has 144 valence electrons. The van der Waals surface area contributed by atoms with E-state index < -0.39 is 0 Å². The van der Waals surface area contributed by atoms with Crippen molar-refractivity contribution in [2.24, 2.45) is 0 Å². The Morgan fingerprint density at radius 1 is 1.11 bits per heavy atom. The van der Waals surface area contributed by atoms with E-state index >= 15 is 0 Å². The minimum atomic E-state index is -0.332. The van der Waals surface area contributed by atoms with Crippen molar-refractivity contribution in [2.75, 3.05) is 19.0 Å². The summed E-state index contributed by atoms with van der Waals surface area (Å²) in [7, 11) is 1.59. The number of carbonyl (C=O) groups is 2. The molecule has 0 fully saturated rings. The van der Waals surface area contributed by atoms with E-state index in [-0.39, 0.29) is 11.9 Å². The summed E-state index contributed by atoms with van der Waals surface area (Å²) in [5.74, 6) is 0.123. The Bertz CT molecular complexity index is 810. The first-order chi connectivity index (χ1) is 13.1. The van der Waals surface area contributed by atoms with Gasteiger partial charge in [-0.15, -0.1) is 11.3 Å². The Kier molecular flexibility index (Phi) is 6.50. The van der Waals surface area contributed by atoms with Gasteiger partial charge in [-0.1, -0.05) is 13.3 Å². The van der Waals surface area contributed by atoms with E-state index in [9.17, 15) is 9.59 Å². The first kappa shape index (κ1) is 19.4. The van der Waals surface area contributed by atoms with Crippen LogP contribution in [0.4, 0.5) is 5.00 Å². The Hall–Kier alpha value is -2.34. The van der Waals surface area contributed by atoms with E-state index in [1.54, 1.807) is 31.4 Å². The number of ether oxygens (including phenoxy) is 2. The van der Waals surface area contributed by atoms with E-state index in [2.05, 4.69) is 5.32 Å². The molecule has 5 nitrogen and oxygen atoms in total. The lowest BCUT2D eigenvalue weighted by Crippen LogP contribution is -2.15. The molecular formula is C21H25NO4S. The fraction of sp³-hybridized carbons (Fsp3) is 0.429. The monoisotopic (exact) mass is 387 g/mol. The van der Waals surface area contributed by atoms with E-state index in [4.69, 9.17) is 9.47 Å². The number of rotatable bonds is 6. The fourth-order valence-electron chi connectivity index (χ4n) is 3.23. The topological polar surface area (TPSA) is 64.6 Å². The van der Waals surface area contributed by atoms with Gasteiger partial charge in [0.25, 0.3) is 5.91 Å². The van der Waals surface area contributed by atoms with Crippen LogP contribution in [0.5, 0.6) is 5.75 Å². The second-order valence-electron chi connectivity index (χ2n) is 6.59. The molecule has 1 heterocycles. The number of anilines is 1. The summed E-state index contributed by atoms with van der Waals surface area (Å²) in [6.07, 6.45) is 5.92. The van der Waals surface area contributed by atoms with Crippen molar-refractivity contribution in [1.82, 2.24) is 0 Å². The number of thiophene rings is 1. The minimum Gasteiger partial charge on any atom is -0.497 e. The van der Waals surface area contributed by atoms with Crippen LogP contribution in [0, 0.1) is 0 Å². The lowest BCUT2D eigenvalue weighted by atomic mass is 10.1. The second kappa shape index (κ2) is 9.04. The van der Waals surface area contributed by atoms with E-state index in [0.29, 0.717) is 28.5 Å². The summed E-state index contributed by atoms with van der Waals surface area (Å²) in [6.45, 7) is 2.35. The first-order valence-electron chi connectivity index (χ1n) is 9.41. The van der Waals surface area contributed by atoms with Crippen molar-refractivity contribution in [3.05, 3.63) is 45.8 Å². The molecule has 0 bridgehead atoms. The number of fused-ring (bicyclic) bond motifs is 1. The van der Waals surface area contributed by atoms with Gasteiger partial charge in [0, 0.05) is 10.4 Å². The number of carbonyl (C=O) groups excluding carboxylic acids is 2. The third-order valence-electron chi connectivity index (χ3n) is 4.64. The molecule has 2 aromatic rings. The van der Waals surface area contributed by atoms with Crippen LogP contribution >= 0.6 is 11.3 Å². The molecule has 0 spiro atoms. The predicted molar refractivity (Wildman–Crippen MR) is 107 cm³/mol. The molecule has 27 heavy (non-hydrogen) atoms. The number of amides is 1. The van der Waals surface area contributed by atoms with Gasteiger partial charge in [-0.05, 0) is 61.9 Å². The number of hydrogen-bond donors (Lipinski definition) is 1. The van der Waals surface area contributed by atoms with Crippen LogP contribution in [0.3, 0.4) is 0 Å². The highest BCUT2D eigenvalue weighted by Gasteiger charge is 2.26. The summed E-state index contributed by atoms with van der Waals surface area (Å²) in [6, 6.07) is 6.91. The van der Waals surface area contributed by atoms with Gasteiger partial charge < -0.3 is 14.8 Å². The summed E-state index contributed by atoms with van der Waals surface area (Å²) < 4.78 is 10.5. The molecule has 0 saturated carbocycles. The number of methoxy groups -OCH3 is 1. The molecule has 1 aliphatic carbocycles. The van der Waals surface area contributed by atoms with Crippen molar-refractivity contribution in [2.45, 2.75) is 45.4 Å². The summed E-state index contributed by atoms with van der Waals surface area (Å²) >= 11 is 1.51. The zero-order valence-electron chi connectivity index (χ0n) is 15.8. The Balaban J connectivity index is 1.88. The van der Waals surface area contributed by atoms with Gasteiger partial charge in [-0.2, -0.15) is 0 Å². The Morgan fingerprint density at radius 3 is 2.56 bits per heavy atom. The maximum Gasteiger partial charge on any atom is 0.341 e. The van der Waals surface area contributed by atoms with Crippen LogP contribution in [0.2, 0.25) is 0 Å². The third kappa shape index (κ3) is 4.50. The van der Waals surface area contributed by atoms with Gasteiger partial charge in [0.1, 0.15) is 10.8 Å². The fourth-order valence-corrected chi connectivity index (χ4v) is 4.50.